The minimum absolute atomic E-state index is 0.295. The van der Waals surface area contributed by atoms with Gasteiger partial charge in [-0.2, -0.15) is 5.10 Å². The van der Waals surface area contributed by atoms with Crippen molar-refractivity contribution < 1.29 is 9.21 Å². The monoisotopic (exact) mass is 358 g/mol. The zero-order valence-electron chi connectivity index (χ0n) is 12.4. The highest BCUT2D eigenvalue weighted by Gasteiger charge is 2.09. The number of hydrogen-bond acceptors (Lipinski definition) is 3. The molecule has 3 rings (SSSR count). The summed E-state index contributed by atoms with van der Waals surface area (Å²) in [5.41, 5.74) is 3.66. The van der Waals surface area contributed by atoms with Crippen molar-refractivity contribution in [1.82, 2.24) is 5.43 Å². The Balaban J connectivity index is 1.70. The van der Waals surface area contributed by atoms with Crippen LogP contribution in [-0.2, 0) is 0 Å². The van der Waals surface area contributed by atoms with E-state index >= 15 is 0 Å². The van der Waals surface area contributed by atoms with Gasteiger partial charge in [-0.25, -0.2) is 5.43 Å². The Morgan fingerprint density at radius 1 is 1.04 bits per heavy atom. The van der Waals surface area contributed by atoms with Crippen LogP contribution in [0.15, 0.2) is 70.2 Å². The molecule has 0 atom stereocenters. The Bertz CT molecular complexity index is 889. The summed E-state index contributed by atoms with van der Waals surface area (Å²) in [4.78, 5) is 11.9. The van der Waals surface area contributed by atoms with Gasteiger partial charge in [-0.3, -0.25) is 4.79 Å². The van der Waals surface area contributed by atoms with E-state index in [-0.39, 0.29) is 5.91 Å². The van der Waals surface area contributed by atoms with Crippen molar-refractivity contribution in [3.8, 4) is 11.3 Å². The molecule has 1 heterocycles. The lowest BCUT2D eigenvalue weighted by Crippen LogP contribution is -2.17. The predicted octanol–water partition coefficient (Wildman–Crippen LogP) is 5.02. The van der Waals surface area contributed by atoms with Crippen molar-refractivity contribution in [2.75, 3.05) is 0 Å². The second-order valence-corrected chi connectivity index (χ2v) is 5.73. The quantitative estimate of drug-likeness (QED) is 0.525. The molecule has 2 aromatic carbocycles. The Hall–Kier alpha value is -2.56. The summed E-state index contributed by atoms with van der Waals surface area (Å²) in [5.74, 6) is 0.754. The first-order valence-electron chi connectivity index (χ1n) is 7.07. The van der Waals surface area contributed by atoms with Gasteiger partial charge in [0.1, 0.15) is 11.5 Å². The van der Waals surface area contributed by atoms with Gasteiger partial charge in [0.25, 0.3) is 5.91 Å². The van der Waals surface area contributed by atoms with E-state index < -0.39 is 0 Å². The topological polar surface area (TPSA) is 54.6 Å². The fourth-order valence-corrected chi connectivity index (χ4v) is 2.44. The van der Waals surface area contributed by atoms with Crippen LogP contribution in [0.25, 0.3) is 11.3 Å². The Kier molecular flexibility index (Phi) is 4.99. The third-order valence-electron chi connectivity index (χ3n) is 3.21. The molecule has 0 aliphatic carbocycles. The van der Waals surface area contributed by atoms with Crippen LogP contribution in [0.5, 0.6) is 0 Å². The van der Waals surface area contributed by atoms with E-state index in [1.165, 1.54) is 6.21 Å². The molecule has 0 spiro atoms. The molecule has 1 N–H and O–H groups in total. The van der Waals surface area contributed by atoms with Gasteiger partial charge < -0.3 is 4.42 Å². The molecule has 0 aliphatic heterocycles. The second kappa shape index (κ2) is 7.34. The van der Waals surface area contributed by atoms with E-state index in [2.05, 4.69) is 10.5 Å². The maximum atomic E-state index is 11.9. The number of benzene rings is 2. The van der Waals surface area contributed by atoms with Gasteiger partial charge in [-0.05, 0) is 42.5 Å². The first-order chi connectivity index (χ1) is 11.6. The van der Waals surface area contributed by atoms with Crippen molar-refractivity contribution in [3.63, 3.8) is 0 Å². The number of amides is 1. The van der Waals surface area contributed by atoms with Crippen LogP contribution < -0.4 is 5.43 Å². The van der Waals surface area contributed by atoms with Crippen LogP contribution >= 0.6 is 23.2 Å². The summed E-state index contributed by atoms with van der Waals surface area (Å²) in [6.45, 7) is 0. The minimum atomic E-state index is -0.295. The van der Waals surface area contributed by atoms with Crippen molar-refractivity contribution in [3.05, 3.63) is 82.0 Å². The van der Waals surface area contributed by atoms with Gasteiger partial charge in [-0.1, -0.05) is 41.4 Å². The molecule has 0 aliphatic rings. The van der Waals surface area contributed by atoms with E-state index in [9.17, 15) is 4.79 Å². The highest BCUT2D eigenvalue weighted by atomic mass is 35.5. The standard InChI is InChI=1S/C18H12Cl2N2O2/c19-13-6-8-16(20)15(10-13)17-9-7-14(24-17)11-21-22-18(23)12-4-2-1-3-5-12/h1-11H,(H,22,23)/b21-11-. The molecule has 120 valence electrons. The molecule has 4 nitrogen and oxygen atoms in total. The van der Waals surface area contributed by atoms with Crippen LogP contribution in [0.3, 0.4) is 0 Å². The predicted molar refractivity (Wildman–Crippen MR) is 95.7 cm³/mol. The summed E-state index contributed by atoms with van der Waals surface area (Å²) < 4.78 is 5.65. The molecule has 0 bridgehead atoms. The molecule has 6 heteroatoms. The summed E-state index contributed by atoms with van der Waals surface area (Å²) in [7, 11) is 0. The van der Waals surface area contributed by atoms with E-state index in [1.807, 2.05) is 6.07 Å². The molecule has 0 saturated carbocycles. The van der Waals surface area contributed by atoms with Crippen molar-refractivity contribution in [1.29, 1.82) is 0 Å². The highest BCUT2D eigenvalue weighted by molar-refractivity contribution is 6.35. The van der Waals surface area contributed by atoms with Crippen LogP contribution in [0.4, 0.5) is 0 Å². The maximum absolute atomic E-state index is 11.9. The fourth-order valence-electron chi connectivity index (χ4n) is 2.06. The molecular weight excluding hydrogens is 347 g/mol. The number of rotatable bonds is 4. The minimum Gasteiger partial charge on any atom is -0.455 e. The average molecular weight is 359 g/mol. The number of carbonyl (C=O) groups is 1. The number of nitrogens with one attached hydrogen (secondary N) is 1. The Morgan fingerprint density at radius 2 is 1.83 bits per heavy atom. The molecular formula is C18H12Cl2N2O2. The summed E-state index contributed by atoms with van der Waals surface area (Å²) >= 11 is 12.1. The molecule has 1 aromatic heterocycles. The number of carbonyl (C=O) groups excluding carboxylic acids is 1. The molecule has 0 saturated heterocycles. The molecule has 1 amide bonds. The number of halogens is 2. The van der Waals surface area contributed by atoms with Crippen LogP contribution in [-0.4, -0.2) is 12.1 Å². The highest BCUT2D eigenvalue weighted by Crippen LogP contribution is 2.31. The van der Waals surface area contributed by atoms with E-state index in [0.717, 1.165) is 0 Å². The first-order valence-corrected chi connectivity index (χ1v) is 7.83. The Labute approximate surface area is 148 Å². The Morgan fingerprint density at radius 3 is 2.62 bits per heavy atom. The largest absolute Gasteiger partial charge is 0.455 e. The van der Waals surface area contributed by atoms with Gasteiger partial charge in [0.2, 0.25) is 0 Å². The van der Waals surface area contributed by atoms with Gasteiger partial charge in [0.15, 0.2) is 0 Å². The number of nitrogens with zero attached hydrogens (tertiary/aromatic N) is 1. The van der Waals surface area contributed by atoms with Crippen LogP contribution in [0, 0.1) is 0 Å². The van der Waals surface area contributed by atoms with Crippen molar-refractivity contribution >= 4 is 35.3 Å². The summed E-state index contributed by atoms with van der Waals surface area (Å²) in [6.07, 6.45) is 1.42. The lowest BCUT2D eigenvalue weighted by atomic mass is 10.2. The summed E-state index contributed by atoms with van der Waals surface area (Å²) in [5, 5.41) is 4.99. The third-order valence-corrected chi connectivity index (χ3v) is 3.78. The van der Waals surface area contributed by atoms with Gasteiger partial charge in [-0.15, -0.1) is 0 Å². The summed E-state index contributed by atoms with van der Waals surface area (Å²) in [6, 6.07) is 17.4. The lowest BCUT2D eigenvalue weighted by Gasteiger charge is -2.01. The SMILES string of the molecule is O=C(N/N=C\c1ccc(-c2cc(Cl)ccc2Cl)o1)c1ccccc1. The van der Waals surface area contributed by atoms with Crippen LogP contribution in [0.2, 0.25) is 10.0 Å². The fraction of sp³-hybridized carbons (Fsp3) is 0. The number of hydrogen-bond donors (Lipinski definition) is 1. The molecule has 0 unspecified atom stereocenters. The zero-order valence-corrected chi connectivity index (χ0v) is 13.9. The first kappa shape index (κ1) is 16.3. The normalized spacial score (nSPS) is 10.9. The van der Waals surface area contributed by atoms with Gasteiger partial charge in [0.05, 0.1) is 11.2 Å². The van der Waals surface area contributed by atoms with Crippen molar-refractivity contribution in [2.24, 2.45) is 5.10 Å². The van der Waals surface area contributed by atoms with Crippen LogP contribution in [0.1, 0.15) is 16.1 Å². The third kappa shape index (κ3) is 3.85. The smallest absolute Gasteiger partial charge is 0.271 e. The van der Waals surface area contributed by atoms with E-state index in [4.69, 9.17) is 27.6 Å². The van der Waals surface area contributed by atoms with Gasteiger partial charge >= 0.3 is 0 Å². The van der Waals surface area contributed by atoms with Gasteiger partial charge in [0, 0.05) is 16.1 Å². The molecule has 0 radical (unpaired) electrons. The zero-order chi connectivity index (χ0) is 16.9. The van der Waals surface area contributed by atoms with E-state index in [1.54, 1.807) is 54.6 Å². The molecule has 24 heavy (non-hydrogen) atoms. The van der Waals surface area contributed by atoms with Crippen molar-refractivity contribution in [2.45, 2.75) is 0 Å². The average Bonchev–Trinajstić information content (AvgIpc) is 3.06. The maximum Gasteiger partial charge on any atom is 0.271 e. The lowest BCUT2D eigenvalue weighted by molar-refractivity contribution is 0.0955. The second-order valence-electron chi connectivity index (χ2n) is 4.89. The number of hydrazone groups is 1. The number of furan rings is 1. The molecule has 0 fully saturated rings. The van der Waals surface area contributed by atoms with E-state index in [0.29, 0.717) is 32.7 Å². The molecule has 3 aromatic rings.